The predicted molar refractivity (Wildman–Crippen MR) is 69.3 cm³/mol. The van der Waals surface area contributed by atoms with E-state index in [1.807, 2.05) is 0 Å². The SMILES string of the molecule is CCCCCCC(=O)Nc1ccncc1Br. The maximum absolute atomic E-state index is 11.6. The average Bonchev–Trinajstić information content (AvgIpc) is 2.28. The van der Waals surface area contributed by atoms with Crippen LogP contribution < -0.4 is 5.32 Å². The van der Waals surface area contributed by atoms with E-state index in [0.29, 0.717) is 6.42 Å². The Morgan fingerprint density at radius 2 is 2.25 bits per heavy atom. The van der Waals surface area contributed by atoms with Crippen molar-refractivity contribution < 1.29 is 4.79 Å². The molecule has 0 atom stereocenters. The number of nitrogens with zero attached hydrogens (tertiary/aromatic N) is 1. The number of pyridine rings is 1. The van der Waals surface area contributed by atoms with Crippen LogP contribution in [0.5, 0.6) is 0 Å². The third-order valence-corrected chi connectivity index (χ3v) is 2.94. The molecule has 0 fully saturated rings. The van der Waals surface area contributed by atoms with Crippen LogP contribution in [0, 0.1) is 0 Å². The summed E-state index contributed by atoms with van der Waals surface area (Å²) in [6, 6.07) is 1.79. The summed E-state index contributed by atoms with van der Waals surface area (Å²) >= 11 is 3.34. The molecule has 0 spiro atoms. The molecule has 1 heterocycles. The van der Waals surface area contributed by atoms with E-state index < -0.39 is 0 Å². The van der Waals surface area contributed by atoms with E-state index in [2.05, 4.69) is 33.2 Å². The maximum Gasteiger partial charge on any atom is 0.224 e. The van der Waals surface area contributed by atoms with Crippen LogP contribution in [0.15, 0.2) is 22.9 Å². The Balaban J connectivity index is 2.32. The molecule has 1 rings (SSSR count). The van der Waals surface area contributed by atoms with Crippen LogP contribution in [0.3, 0.4) is 0 Å². The van der Waals surface area contributed by atoms with E-state index in [1.54, 1.807) is 18.5 Å². The molecule has 0 bridgehead atoms. The van der Waals surface area contributed by atoms with Gasteiger partial charge in [-0.1, -0.05) is 26.2 Å². The van der Waals surface area contributed by atoms with E-state index in [1.165, 1.54) is 12.8 Å². The fourth-order valence-corrected chi connectivity index (χ4v) is 1.75. The number of halogens is 1. The van der Waals surface area contributed by atoms with E-state index in [0.717, 1.165) is 23.0 Å². The highest BCUT2D eigenvalue weighted by Gasteiger charge is 2.04. The number of rotatable bonds is 6. The van der Waals surface area contributed by atoms with Crippen LogP contribution in [0.2, 0.25) is 0 Å². The van der Waals surface area contributed by atoms with E-state index in [4.69, 9.17) is 0 Å². The van der Waals surface area contributed by atoms with Crippen molar-refractivity contribution >= 4 is 27.5 Å². The number of carbonyl (C=O) groups is 1. The Kier molecular flexibility index (Phi) is 6.08. The van der Waals surface area contributed by atoms with Gasteiger partial charge in [-0.2, -0.15) is 0 Å². The molecule has 4 heteroatoms. The molecule has 0 saturated heterocycles. The second kappa shape index (κ2) is 7.39. The molecule has 1 amide bonds. The highest BCUT2D eigenvalue weighted by atomic mass is 79.9. The van der Waals surface area contributed by atoms with Gasteiger partial charge in [0, 0.05) is 18.8 Å². The van der Waals surface area contributed by atoms with Crippen LogP contribution in [-0.4, -0.2) is 10.9 Å². The Hall–Kier alpha value is -0.900. The number of aromatic nitrogens is 1. The largest absolute Gasteiger partial charge is 0.325 e. The zero-order valence-corrected chi connectivity index (χ0v) is 11.1. The second-order valence-corrected chi connectivity index (χ2v) is 4.57. The van der Waals surface area contributed by atoms with Crippen molar-refractivity contribution in [3.8, 4) is 0 Å². The zero-order chi connectivity index (χ0) is 11.8. The lowest BCUT2D eigenvalue weighted by Crippen LogP contribution is -2.11. The van der Waals surface area contributed by atoms with Crippen molar-refractivity contribution in [1.29, 1.82) is 0 Å². The van der Waals surface area contributed by atoms with E-state index in [9.17, 15) is 4.79 Å². The molecule has 0 saturated carbocycles. The number of anilines is 1. The average molecular weight is 285 g/mol. The minimum absolute atomic E-state index is 0.0722. The van der Waals surface area contributed by atoms with Crippen molar-refractivity contribution in [2.45, 2.75) is 39.0 Å². The number of hydrogen-bond acceptors (Lipinski definition) is 2. The Labute approximate surface area is 105 Å². The third-order valence-electron chi connectivity index (χ3n) is 2.30. The highest BCUT2D eigenvalue weighted by Crippen LogP contribution is 2.20. The summed E-state index contributed by atoms with van der Waals surface area (Å²) in [7, 11) is 0. The number of nitrogens with one attached hydrogen (secondary N) is 1. The topological polar surface area (TPSA) is 42.0 Å². The maximum atomic E-state index is 11.6. The predicted octanol–water partition coefficient (Wildman–Crippen LogP) is 3.75. The molecule has 3 nitrogen and oxygen atoms in total. The van der Waals surface area contributed by atoms with Gasteiger partial charge in [-0.25, -0.2) is 0 Å². The summed E-state index contributed by atoms with van der Waals surface area (Å²) in [6.45, 7) is 2.16. The number of unbranched alkanes of at least 4 members (excludes halogenated alkanes) is 3. The Morgan fingerprint density at radius 1 is 1.44 bits per heavy atom. The lowest BCUT2D eigenvalue weighted by Gasteiger charge is -2.06. The monoisotopic (exact) mass is 284 g/mol. The van der Waals surface area contributed by atoms with Gasteiger partial charge in [0.15, 0.2) is 0 Å². The number of hydrogen-bond donors (Lipinski definition) is 1. The van der Waals surface area contributed by atoms with Crippen LogP contribution in [0.25, 0.3) is 0 Å². The summed E-state index contributed by atoms with van der Waals surface area (Å²) < 4.78 is 0.817. The van der Waals surface area contributed by atoms with Crippen LogP contribution in [0.4, 0.5) is 5.69 Å². The quantitative estimate of drug-likeness (QED) is 0.809. The van der Waals surface area contributed by atoms with Gasteiger partial charge in [0.1, 0.15) is 0 Å². The molecule has 0 radical (unpaired) electrons. The molecule has 0 unspecified atom stereocenters. The van der Waals surface area contributed by atoms with E-state index in [-0.39, 0.29) is 5.91 Å². The molecular weight excluding hydrogens is 268 g/mol. The first-order chi connectivity index (χ1) is 7.74. The minimum Gasteiger partial charge on any atom is -0.325 e. The molecule has 16 heavy (non-hydrogen) atoms. The van der Waals surface area contributed by atoms with Gasteiger partial charge in [-0.15, -0.1) is 0 Å². The van der Waals surface area contributed by atoms with Gasteiger partial charge in [-0.05, 0) is 28.4 Å². The lowest BCUT2D eigenvalue weighted by molar-refractivity contribution is -0.116. The first-order valence-electron chi connectivity index (χ1n) is 5.63. The molecule has 88 valence electrons. The van der Waals surface area contributed by atoms with Crippen molar-refractivity contribution in [3.63, 3.8) is 0 Å². The van der Waals surface area contributed by atoms with Gasteiger partial charge < -0.3 is 5.32 Å². The fourth-order valence-electron chi connectivity index (χ4n) is 1.40. The standard InChI is InChI=1S/C12H17BrN2O/c1-2-3-4-5-6-12(16)15-11-7-8-14-9-10(11)13/h7-9H,2-6H2,1H3,(H,14,15,16). The normalized spacial score (nSPS) is 10.1. The first kappa shape index (κ1) is 13.2. The summed E-state index contributed by atoms with van der Waals surface area (Å²) in [5.74, 6) is 0.0722. The number of carbonyl (C=O) groups excluding carboxylic acids is 1. The van der Waals surface area contributed by atoms with Crippen molar-refractivity contribution in [2.24, 2.45) is 0 Å². The summed E-state index contributed by atoms with van der Waals surface area (Å²) in [6.07, 6.45) is 8.41. The summed E-state index contributed by atoms with van der Waals surface area (Å²) in [4.78, 5) is 15.5. The second-order valence-electron chi connectivity index (χ2n) is 3.71. The van der Waals surface area contributed by atoms with Gasteiger partial charge in [0.2, 0.25) is 5.91 Å². The van der Waals surface area contributed by atoms with Crippen LogP contribution in [-0.2, 0) is 4.79 Å². The fraction of sp³-hybridized carbons (Fsp3) is 0.500. The van der Waals surface area contributed by atoms with Gasteiger partial charge in [0.05, 0.1) is 10.2 Å². The lowest BCUT2D eigenvalue weighted by atomic mass is 10.1. The minimum atomic E-state index is 0.0722. The Bertz CT molecular complexity index is 342. The van der Waals surface area contributed by atoms with Crippen molar-refractivity contribution in [3.05, 3.63) is 22.9 Å². The summed E-state index contributed by atoms with van der Waals surface area (Å²) in [5.41, 5.74) is 0.787. The first-order valence-corrected chi connectivity index (χ1v) is 6.42. The molecule has 0 aliphatic carbocycles. The summed E-state index contributed by atoms with van der Waals surface area (Å²) in [5, 5.41) is 2.86. The van der Waals surface area contributed by atoms with Crippen LogP contribution in [0.1, 0.15) is 39.0 Å². The molecule has 1 aromatic heterocycles. The number of amides is 1. The smallest absolute Gasteiger partial charge is 0.224 e. The molecule has 1 N–H and O–H groups in total. The van der Waals surface area contributed by atoms with E-state index >= 15 is 0 Å². The van der Waals surface area contributed by atoms with Gasteiger partial charge in [0.25, 0.3) is 0 Å². The van der Waals surface area contributed by atoms with Crippen LogP contribution >= 0.6 is 15.9 Å². The highest BCUT2D eigenvalue weighted by molar-refractivity contribution is 9.10. The third kappa shape index (κ3) is 4.75. The zero-order valence-electron chi connectivity index (χ0n) is 9.50. The van der Waals surface area contributed by atoms with Crippen molar-refractivity contribution in [2.75, 3.05) is 5.32 Å². The molecule has 0 aliphatic rings. The molecule has 0 aliphatic heterocycles. The molecular formula is C12H17BrN2O. The van der Waals surface area contributed by atoms with Gasteiger partial charge >= 0.3 is 0 Å². The van der Waals surface area contributed by atoms with Gasteiger partial charge in [-0.3, -0.25) is 9.78 Å². The Morgan fingerprint density at radius 3 is 2.94 bits per heavy atom. The molecule has 0 aromatic carbocycles. The van der Waals surface area contributed by atoms with Crippen molar-refractivity contribution in [1.82, 2.24) is 4.98 Å². The molecule has 1 aromatic rings.